The molecule has 0 aromatic heterocycles. The van der Waals surface area contributed by atoms with Gasteiger partial charge >= 0.3 is 0 Å². The SMILES string of the molecule is NCCOC1CCN(C(=O)c2ccc(F)cc2)CC1. The molecule has 0 atom stereocenters. The van der Waals surface area contributed by atoms with Crippen LogP contribution in [0, 0.1) is 5.82 Å². The topological polar surface area (TPSA) is 55.6 Å². The third-order valence-electron chi connectivity index (χ3n) is 3.29. The highest BCUT2D eigenvalue weighted by Crippen LogP contribution is 2.16. The Morgan fingerprint density at radius 1 is 1.32 bits per heavy atom. The number of hydrogen-bond donors (Lipinski definition) is 1. The first-order chi connectivity index (χ1) is 9.20. The van der Waals surface area contributed by atoms with Crippen LogP contribution in [0.15, 0.2) is 24.3 Å². The molecule has 0 spiro atoms. The van der Waals surface area contributed by atoms with Gasteiger partial charge in [-0.1, -0.05) is 0 Å². The summed E-state index contributed by atoms with van der Waals surface area (Å²) in [6.07, 6.45) is 1.85. The van der Waals surface area contributed by atoms with Gasteiger partial charge in [-0.25, -0.2) is 4.39 Å². The molecule has 5 heteroatoms. The van der Waals surface area contributed by atoms with Gasteiger partial charge in [-0.05, 0) is 37.1 Å². The molecule has 0 bridgehead atoms. The number of benzene rings is 1. The maximum atomic E-state index is 12.8. The van der Waals surface area contributed by atoms with Crippen molar-refractivity contribution in [2.24, 2.45) is 5.73 Å². The summed E-state index contributed by atoms with van der Waals surface area (Å²) in [5.41, 5.74) is 5.92. The van der Waals surface area contributed by atoms with Gasteiger partial charge in [-0.2, -0.15) is 0 Å². The quantitative estimate of drug-likeness (QED) is 0.896. The number of halogens is 1. The monoisotopic (exact) mass is 266 g/mol. The fourth-order valence-corrected chi connectivity index (χ4v) is 2.24. The van der Waals surface area contributed by atoms with E-state index in [-0.39, 0.29) is 17.8 Å². The van der Waals surface area contributed by atoms with Gasteiger partial charge in [-0.3, -0.25) is 4.79 Å². The standard InChI is InChI=1S/C14H19FN2O2/c15-12-3-1-11(2-4-12)14(18)17-8-5-13(6-9-17)19-10-7-16/h1-4,13H,5-10,16H2. The molecule has 1 saturated heterocycles. The molecule has 1 fully saturated rings. The van der Waals surface area contributed by atoms with Crippen LogP contribution in [-0.2, 0) is 4.74 Å². The maximum Gasteiger partial charge on any atom is 0.253 e. The normalized spacial score (nSPS) is 16.6. The van der Waals surface area contributed by atoms with Gasteiger partial charge in [-0.15, -0.1) is 0 Å². The number of rotatable bonds is 4. The van der Waals surface area contributed by atoms with E-state index in [1.54, 1.807) is 4.90 Å². The molecule has 0 saturated carbocycles. The van der Waals surface area contributed by atoms with E-state index in [9.17, 15) is 9.18 Å². The molecule has 2 rings (SSSR count). The molecule has 1 heterocycles. The number of likely N-dealkylation sites (tertiary alicyclic amines) is 1. The van der Waals surface area contributed by atoms with Crippen molar-refractivity contribution in [3.8, 4) is 0 Å². The van der Waals surface area contributed by atoms with E-state index in [0.717, 1.165) is 12.8 Å². The summed E-state index contributed by atoms with van der Waals surface area (Å²) in [5.74, 6) is -0.372. The predicted octanol–water partition coefficient (Wildman–Crippen LogP) is 1.41. The first-order valence-electron chi connectivity index (χ1n) is 6.57. The Kier molecular flexibility index (Phi) is 4.87. The molecule has 1 aliphatic heterocycles. The van der Waals surface area contributed by atoms with Crippen molar-refractivity contribution in [2.75, 3.05) is 26.2 Å². The number of nitrogens with two attached hydrogens (primary N) is 1. The van der Waals surface area contributed by atoms with Crippen LogP contribution in [0.4, 0.5) is 4.39 Å². The fraction of sp³-hybridized carbons (Fsp3) is 0.500. The minimum Gasteiger partial charge on any atom is -0.377 e. The number of ether oxygens (including phenoxy) is 1. The highest BCUT2D eigenvalue weighted by molar-refractivity contribution is 5.94. The largest absolute Gasteiger partial charge is 0.377 e. The molecule has 1 aromatic carbocycles. The maximum absolute atomic E-state index is 12.8. The fourth-order valence-electron chi connectivity index (χ4n) is 2.24. The zero-order valence-electron chi connectivity index (χ0n) is 10.8. The average Bonchev–Trinajstić information content (AvgIpc) is 2.46. The highest BCUT2D eigenvalue weighted by atomic mass is 19.1. The summed E-state index contributed by atoms with van der Waals surface area (Å²) in [5, 5.41) is 0. The summed E-state index contributed by atoms with van der Waals surface area (Å²) >= 11 is 0. The number of carbonyl (C=O) groups excluding carboxylic acids is 1. The molecule has 1 aliphatic rings. The van der Waals surface area contributed by atoms with Crippen LogP contribution in [0.25, 0.3) is 0 Å². The van der Waals surface area contributed by atoms with Crippen LogP contribution in [0.3, 0.4) is 0 Å². The van der Waals surface area contributed by atoms with Crippen molar-refractivity contribution in [3.63, 3.8) is 0 Å². The molecule has 0 aliphatic carbocycles. The van der Waals surface area contributed by atoms with Crippen molar-refractivity contribution in [1.82, 2.24) is 4.90 Å². The van der Waals surface area contributed by atoms with E-state index < -0.39 is 0 Å². The van der Waals surface area contributed by atoms with Crippen molar-refractivity contribution < 1.29 is 13.9 Å². The third kappa shape index (κ3) is 3.75. The second-order valence-corrected chi connectivity index (χ2v) is 4.66. The van der Waals surface area contributed by atoms with Gasteiger partial charge in [0.2, 0.25) is 0 Å². The van der Waals surface area contributed by atoms with Gasteiger partial charge in [0, 0.05) is 25.2 Å². The van der Waals surface area contributed by atoms with Gasteiger partial charge in [0.05, 0.1) is 12.7 Å². The smallest absolute Gasteiger partial charge is 0.253 e. The van der Waals surface area contributed by atoms with Gasteiger partial charge in [0.25, 0.3) is 5.91 Å². The molecule has 19 heavy (non-hydrogen) atoms. The van der Waals surface area contributed by atoms with Crippen LogP contribution in [0.5, 0.6) is 0 Å². The lowest BCUT2D eigenvalue weighted by Crippen LogP contribution is -2.41. The zero-order valence-corrected chi connectivity index (χ0v) is 10.8. The Hall–Kier alpha value is -1.46. The third-order valence-corrected chi connectivity index (χ3v) is 3.29. The number of carbonyl (C=O) groups is 1. The van der Waals surface area contributed by atoms with Gasteiger partial charge in [0.15, 0.2) is 0 Å². The van der Waals surface area contributed by atoms with Gasteiger partial charge < -0.3 is 15.4 Å². The first-order valence-corrected chi connectivity index (χ1v) is 6.57. The summed E-state index contributed by atoms with van der Waals surface area (Å²) in [6, 6.07) is 5.66. The minimum absolute atomic E-state index is 0.0442. The Morgan fingerprint density at radius 3 is 2.53 bits per heavy atom. The van der Waals surface area contributed by atoms with E-state index in [1.807, 2.05) is 0 Å². The lowest BCUT2D eigenvalue weighted by molar-refractivity contribution is 0.0122. The second-order valence-electron chi connectivity index (χ2n) is 4.66. The van der Waals surface area contributed by atoms with Crippen molar-refractivity contribution >= 4 is 5.91 Å². The molecule has 0 unspecified atom stereocenters. The number of hydrogen-bond acceptors (Lipinski definition) is 3. The number of piperidine rings is 1. The lowest BCUT2D eigenvalue weighted by Gasteiger charge is -2.32. The molecule has 104 valence electrons. The summed E-state index contributed by atoms with van der Waals surface area (Å²) in [7, 11) is 0. The zero-order chi connectivity index (χ0) is 13.7. The van der Waals surface area contributed by atoms with Crippen LogP contribution in [0.1, 0.15) is 23.2 Å². The molecular weight excluding hydrogens is 247 g/mol. The molecule has 0 radical (unpaired) electrons. The Bertz CT molecular complexity index is 414. The van der Waals surface area contributed by atoms with Crippen LogP contribution in [0.2, 0.25) is 0 Å². The predicted molar refractivity (Wildman–Crippen MR) is 70.3 cm³/mol. The van der Waals surface area contributed by atoms with Gasteiger partial charge in [0.1, 0.15) is 5.82 Å². The van der Waals surface area contributed by atoms with E-state index in [1.165, 1.54) is 24.3 Å². The van der Waals surface area contributed by atoms with Crippen LogP contribution in [-0.4, -0.2) is 43.2 Å². The average molecular weight is 266 g/mol. The second kappa shape index (κ2) is 6.63. The Morgan fingerprint density at radius 2 is 1.95 bits per heavy atom. The van der Waals surface area contributed by atoms with E-state index in [2.05, 4.69) is 0 Å². The number of nitrogens with zero attached hydrogens (tertiary/aromatic N) is 1. The summed E-state index contributed by atoms with van der Waals surface area (Å²) in [6.45, 7) is 2.43. The molecule has 1 aromatic rings. The molecular formula is C14H19FN2O2. The molecule has 1 amide bonds. The van der Waals surface area contributed by atoms with E-state index in [4.69, 9.17) is 10.5 Å². The Labute approximate surface area is 112 Å². The highest BCUT2D eigenvalue weighted by Gasteiger charge is 2.23. The van der Waals surface area contributed by atoms with Crippen molar-refractivity contribution in [1.29, 1.82) is 0 Å². The van der Waals surface area contributed by atoms with Crippen LogP contribution >= 0.6 is 0 Å². The number of amides is 1. The van der Waals surface area contributed by atoms with Crippen molar-refractivity contribution in [3.05, 3.63) is 35.6 Å². The Balaban J connectivity index is 1.87. The van der Waals surface area contributed by atoms with Crippen LogP contribution < -0.4 is 5.73 Å². The lowest BCUT2D eigenvalue weighted by atomic mass is 10.1. The van der Waals surface area contributed by atoms with E-state index >= 15 is 0 Å². The molecule has 4 nitrogen and oxygen atoms in total. The minimum atomic E-state index is -0.328. The van der Waals surface area contributed by atoms with Crippen molar-refractivity contribution in [2.45, 2.75) is 18.9 Å². The first kappa shape index (κ1) is 14.0. The molecule has 2 N–H and O–H groups in total. The summed E-state index contributed by atoms with van der Waals surface area (Å²) in [4.78, 5) is 14.0. The van der Waals surface area contributed by atoms with E-state index in [0.29, 0.717) is 31.8 Å². The summed E-state index contributed by atoms with van der Waals surface area (Å²) < 4.78 is 18.4.